The molecular weight excluding hydrogens is 536 g/mol. The van der Waals surface area contributed by atoms with Crippen molar-refractivity contribution in [2.45, 2.75) is 194 Å². The maximum atomic E-state index is 3.99. The molecule has 0 amide bonds. The standard InChI is InChI=1S/C40H82N4/c1-7-13-31-43(32-14-8-2)39(25-19-17-20-26-39)37(11-5)35-41-29-23-24-30-42-36-38(12-6)40(27-21-18-22-28-40)44(33-15-9-3)34-16-10-4/h37-38,41-42H,7-36H2,1-6H3. The molecule has 44 heavy (non-hydrogen) atoms. The lowest BCUT2D eigenvalue weighted by molar-refractivity contribution is -0.00582. The van der Waals surface area contributed by atoms with Crippen LogP contribution in [-0.4, -0.2) is 73.2 Å². The minimum absolute atomic E-state index is 0.443. The van der Waals surface area contributed by atoms with Gasteiger partial charge in [0.2, 0.25) is 0 Å². The number of nitrogens with zero attached hydrogens (tertiary/aromatic N) is 2. The molecule has 2 saturated carbocycles. The van der Waals surface area contributed by atoms with Crippen molar-refractivity contribution in [1.29, 1.82) is 0 Å². The van der Waals surface area contributed by atoms with Crippen LogP contribution in [0.4, 0.5) is 0 Å². The van der Waals surface area contributed by atoms with Gasteiger partial charge in [0.15, 0.2) is 0 Å². The average molecular weight is 619 g/mol. The molecule has 2 aliphatic carbocycles. The van der Waals surface area contributed by atoms with Crippen LogP contribution in [0.5, 0.6) is 0 Å². The summed E-state index contributed by atoms with van der Waals surface area (Å²) in [6.45, 7) is 24.5. The van der Waals surface area contributed by atoms with Crippen molar-refractivity contribution < 1.29 is 0 Å². The predicted molar refractivity (Wildman–Crippen MR) is 197 cm³/mol. The molecule has 2 rings (SSSR count). The van der Waals surface area contributed by atoms with E-state index in [0.29, 0.717) is 11.1 Å². The van der Waals surface area contributed by atoms with E-state index in [-0.39, 0.29) is 0 Å². The van der Waals surface area contributed by atoms with Crippen LogP contribution in [0.3, 0.4) is 0 Å². The fourth-order valence-electron chi connectivity index (χ4n) is 9.28. The molecule has 2 N–H and O–H groups in total. The molecule has 0 spiro atoms. The number of hydrogen-bond acceptors (Lipinski definition) is 4. The molecule has 0 aromatic heterocycles. The van der Waals surface area contributed by atoms with E-state index < -0.39 is 0 Å². The maximum absolute atomic E-state index is 3.99. The molecule has 0 bridgehead atoms. The monoisotopic (exact) mass is 619 g/mol. The van der Waals surface area contributed by atoms with Gasteiger partial charge >= 0.3 is 0 Å². The lowest BCUT2D eigenvalue weighted by atomic mass is 9.70. The molecule has 4 nitrogen and oxygen atoms in total. The SMILES string of the molecule is CCCCN(CCCC)C1(C(CC)CNCCCCNCC(CC)C2(N(CCCC)CCCC)CCCCC2)CCCCC1. The van der Waals surface area contributed by atoms with E-state index in [2.05, 4.69) is 62.0 Å². The zero-order chi connectivity index (χ0) is 31.9. The fraction of sp³-hybridized carbons (Fsp3) is 1.00. The van der Waals surface area contributed by atoms with Crippen LogP contribution in [0.25, 0.3) is 0 Å². The first-order valence-corrected chi connectivity index (χ1v) is 20.5. The quantitative estimate of drug-likeness (QED) is 0.0897. The van der Waals surface area contributed by atoms with Crippen molar-refractivity contribution in [3.05, 3.63) is 0 Å². The molecule has 0 aliphatic heterocycles. The summed E-state index contributed by atoms with van der Waals surface area (Å²) in [7, 11) is 0. The normalized spacial score (nSPS) is 19.9. The molecule has 0 radical (unpaired) electrons. The van der Waals surface area contributed by atoms with Gasteiger partial charge in [0, 0.05) is 11.1 Å². The van der Waals surface area contributed by atoms with Crippen molar-refractivity contribution in [2.24, 2.45) is 11.8 Å². The van der Waals surface area contributed by atoms with Crippen LogP contribution in [0.2, 0.25) is 0 Å². The second-order valence-electron chi connectivity index (χ2n) is 15.0. The average Bonchev–Trinajstić information content (AvgIpc) is 3.06. The summed E-state index contributed by atoms with van der Waals surface area (Å²) in [5, 5.41) is 7.97. The van der Waals surface area contributed by atoms with Crippen LogP contribution in [0.1, 0.15) is 183 Å². The van der Waals surface area contributed by atoms with E-state index in [1.165, 1.54) is 194 Å². The molecule has 0 heterocycles. The van der Waals surface area contributed by atoms with E-state index in [0.717, 1.165) is 11.8 Å². The smallest absolute Gasteiger partial charge is 0.0249 e. The first kappa shape index (κ1) is 40.0. The highest BCUT2D eigenvalue weighted by molar-refractivity contribution is 5.00. The first-order valence-electron chi connectivity index (χ1n) is 20.5. The molecule has 0 aromatic carbocycles. The van der Waals surface area contributed by atoms with Crippen molar-refractivity contribution in [2.75, 3.05) is 52.4 Å². The van der Waals surface area contributed by atoms with Crippen LogP contribution >= 0.6 is 0 Å². The minimum atomic E-state index is 0.443. The van der Waals surface area contributed by atoms with Crippen molar-refractivity contribution in [3.63, 3.8) is 0 Å². The Hall–Kier alpha value is -0.160. The third kappa shape index (κ3) is 12.5. The van der Waals surface area contributed by atoms with Crippen molar-refractivity contribution >= 4 is 0 Å². The fourth-order valence-corrected chi connectivity index (χ4v) is 9.28. The number of rotatable bonds is 27. The highest BCUT2D eigenvalue weighted by Gasteiger charge is 2.44. The van der Waals surface area contributed by atoms with Gasteiger partial charge in [0.1, 0.15) is 0 Å². The van der Waals surface area contributed by atoms with Crippen LogP contribution < -0.4 is 10.6 Å². The van der Waals surface area contributed by atoms with E-state index in [9.17, 15) is 0 Å². The predicted octanol–water partition coefficient (Wildman–Crippen LogP) is 10.2. The number of hydrogen-bond donors (Lipinski definition) is 2. The maximum Gasteiger partial charge on any atom is 0.0249 e. The lowest BCUT2D eigenvalue weighted by Gasteiger charge is -2.52. The van der Waals surface area contributed by atoms with Gasteiger partial charge in [-0.2, -0.15) is 0 Å². The van der Waals surface area contributed by atoms with Gasteiger partial charge in [0.05, 0.1) is 0 Å². The Morgan fingerprint density at radius 2 is 0.773 bits per heavy atom. The van der Waals surface area contributed by atoms with Gasteiger partial charge in [-0.25, -0.2) is 0 Å². The van der Waals surface area contributed by atoms with Gasteiger partial charge in [-0.15, -0.1) is 0 Å². The molecule has 4 heteroatoms. The van der Waals surface area contributed by atoms with E-state index in [1.54, 1.807) is 0 Å². The topological polar surface area (TPSA) is 30.5 Å². The van der Waals surface area contributed by atoms with Crippen molar-refractivity contribution in [1.82, 2.24) is 20.4 Å². The molecule has 0 saturated heterocycles. The van der Waals surface area contributed by atoms with Crippen molar-refractivity contribution in [3.8, 4) is 0 Å². The summed E-state index contributed by atoms with van der Waals surface area (Å²) in [5.41, 5.74) is 0.885. The Morgan fingerprint density at radius 3 is 1.05 bits per heavy atom. The van der Waals surface area contributed by atoms with Gasteiger partial charge in [-0.3, -0.25) is 9.80 Å². The van der Waals surface area contributed by atoms with Gasteiger partial charge in [-0.1, -0.05) is 119 Å². The highest BCUT2D eigenvalue weighted by Crippen LogP contribution is 2.42. The van der Waals surface area contributed by atoms with Gasteiger partial charge in [0.25, 0.3) is 0 Å². The highest BCUT2D eigenvalue weighted by atomic mass is 15.2. The molecule has 2 fully saturated rings. The zero-order valence-electron chi connectivity index (χ0n) is 31.3. The Balaban J connectivity index is 1.86. The number of nitrogens with one attached hydrogen (secondary N) is 2. The number of unbranched alkanes of at least 4 members (excludes halogenated alkanes) is 5. The summed E-state index contributed by atoms with van der Waals surface area (Å²) in [6, 6.07) is 0. The largest absolute Gasteiger partial charge is 0.316 e. The molecule has 2 atom stereocenters. The lowest BCUT2D eigenvalue weighted by Crippen LogP contribution is -2.58. The van der Waals surface area contributed by atoms with Gasteiger partial charge < -0.3 is 10.6 Å². The summed E-state index contributed by atoms with van der Waals surface area (Å²) in [5.74, 6) is 1.57. The second-order valence-corrected chi connectivity index (χ2v) is 15.0. The molecule has 2 aliphatic rings. The van der Waals surface area contributed by atoms with E-state index in [1.807, 2.05) is 0 Å². The second kappa shape index (κ2) is 24.1. The van der Waals surface area contributed by atoms with Gasteiger partial charge in [-0.05, 0) is 128 Å². The van der Waals surface area contributed by atoms with E-state index in [4.69, 9.17) is 0 Å². The molecule has 262 valence electrons. The van der Waals surface area contributed by atoms with Crippen LogP contribution in [-0.2, 0) is 0 Å². The molecule has 2 unspecified atom stereocenters. The third-order valence-corrected chi connectivity index (χ3v) is 12.1. The summed E-state index contributed by atoms with van der Waals surface area (Å²) < 4.78 is 0. The summed E-state index contributed by atoms with van der Waals surface area (Å²) in [6.07, 6.45) is 30.3. The third-order valence-electron chi connectivity index (χ3n) is 12.1. The molecule has 0 aromatic rings. The summed E-state index contributed by atoms with van der Waals surface area (Å²) >= 11 is 0. The first-order chi connectivity index (χ1) is 21.6. The summed E-state index contributed by atoms with van der Waals surface area (Å²) in [4.78, 5) is 5.99. The Labute approximate surface area is 278 Å². The van der Waals surface area contributed by atoms with Crippen LogP contribution in [0, 0.1) is 11.8 Å². The molecular formula is C40H82N4. The Bertz CT molecular complexity index is 582. The Morgan fingerprint density at radius 1 is 0.455 bits per heavy atom. The zero-order valence-corrected chi connectivity index (χ0v) is 31.3. The van der Waals surface area contributed by atoms with E-state index >= 15 is 0 Å². The van der Waals surface area contributed by atoms with Crippen LogP contribution in [0.15, 0.2) is 0 Å². The Kier molecular flexibility index (Phi) is 21.9. The minimum Gasteiger partial charge on any atom is -0.316 e.